The number of ether oxygens (including phenoxy) is 2. The first-order chi connectivity index (χ1) is 12.8. The average Bonchev–Trinajstić information content (AvgIpc) is 2.51. The number of carboxylic acids is 3. The van der Waals surface area contributed by atoms with Gasteiger partial charge in [-0.25, -0.2) is 9.59 Å². The lowest BCUT2D eigenvalue weighted by Gasteiger charge is -2.06. The van der Waals surface area contributed by atoms with Gasteiger partial charge in [-0.05, 0) is 0 Å². The van der Waals surface area contributed by atoms with Gasteiger partial charge in [-0.2, -0.15) is 0 Å². The second kappa shape index (κ2) is 13.8. The Balaban J connectivity index is 0. The van der Waals surface area contributed by atoms with Crippen LogP contribution in [0.1, 0.15) is 32.6 Å². The van der Waals surface area contributed by atoms with E-state index in [1.807, 2.05) is 0 Å². The molecule has 0 aliphatic carbocycles. The lowest BCUT2D eigenvalue weighted by atomic mass is 10.2. The zero-order chi connectivity index (χ0) is 22.4. The van der Waals surface area contributed by atoms with Crippen molar-refractivity contribution in [2.45, 2.75) is 44.8 Å². The van der Waals surface area contributed by atoms with Gasteiger partial charge >= 0.3 is 35.8 Å². The van der Waals surface area contributed by atoms with Crippen LogP contribution < -0.4 is 0 Å². The molecule has 0 aliphatic rings. The normalized spacial score (nSPS) is 11.7. The van der Waals surface area contributed by atoms with Gasteiger partial charge < -0.3 is 35.0 Å². The summed E-state index contributed by atoms with van der Waals surface area (Å²) in [4.78, 5) is 74.0. The predicted molar refractivity (Wildman–Crippen MR) is 81.3 cm³/mol. The van der Waals surface area contributed by atoms with Crippen LogP contribution in [-0.2, 0) is 43.0 Å². The number of carbonyl (C=O) groups is 7. The third kappa shape index (κ3) is 16.1. The maximum Gasteiger partial charge on any atom is 0.333 e. The van der Waals surface area contributed by atoms with Crippen LogP contribution >= 0.6 is 0 Å². The molecule has 0 amide bonds. The maximum atomic E-state index is 11.2. The molecule has 0 heterocycles. The van der Waals surface area contributed by atoms with Crippen molar-refractivity contribution in [2.75, 3.05) is 0 Å². The third-order valence-electron chi connectivity index (χ3n) is 2.28. The molecule has 0 aromatic rings. The molecule has 0 radical (unpaired) electrons. The Labute approximate surface area is 156 Å². The van der Waals surface area contributed by atoms with E-state index < -0.39 is 79.7 Å². The zero-order valence-electron chi connectivity index (χ0n) is 14.4. The molecule has 28 heavy (non-hydrogen) atoms. The summed E-state index contributed by atoms with van der Waals surface area (Å²) in [6.45, 7) is 1.08. The van der Waals surface area contributed by atoms with E-state index in [0.29, 0.717) is 0 Å². The number of carbonyl (C=O) groups excluding carboxylic acids is 4. The van der Waals surface area contributed by atoms with Crippen LogP contribution in [0.3, 0.4) is 0 Å². The average molecular weight is 410 g/mol. The second-order valence-electron chi connectivity index (χ2n) is 4.83. The van der Waals surface area contributed by atoms with Crippen molar-refractivity contribution < 1.29 is 68.6 Å². The number of hydrogen-bond acceptors (Lipinski definition) is 11. The number of aliphatic hydroxyl groups is 2. The topological polar surface area (TPSA) is 239 Å². The molecule has 2 unspecified atom stereocenters. The van der Waals surface area contributed by atoms with Crippen molar-refractivity contribution >= 4 is 41.8 Å². The zero-order valence-corrected chi connectivity index (χ0v) is 14.4. The number of aliphatic carboxylic acids is 3. The Morgan fingerprint density at radius 3 is 1.11 bits per heavy atom. The molecule has 0 bridgehead atoms. The lowest BCUT2D eigenvalue weighted by molar-refractivity contribution is -0.168. The van der Waals surface area contributed by atoms with Crippen LogP contribution in [-0.4, -0.2) is 79.5 Å². The molecule has 0 saturated carbocycles. The maximum absolute atomic E-state index is 11.2. The van der Waals surface area contributed by atoms with Crippen LogP contribution in [0.5, 0.6) is 0 Å². The fraction of sp³-hybridized carbons (Fsp3) is 0.500. The largest absolute Gasteiger partial charge is 0.481 e. The molecule has 158 valence electrons. The minimum atomic E-state index is -2.05. The monoisotopic (exact) mass is 410 g/mol. The Bertz CT molecular complexity index is 570. The van der Waals surface area contributed by atoms with Gasteiger partial charge in [-0.3, -0.25) is 24.0 Å². The molecule has 0 aromatic heterocycles. The summed E-state index contributed by atoms with van der Waals surface area (Å²) in [5.74, 6) is -9.33. The summed E-state index contributed by atoms with van der Waals surface area (Å²) in [6.07, 6.45) is -7.43. The van der Waals surface area contributed by atoms with Gasteiger partial charge in [0.2, 0.25) is 0 Å². The van der Waals surface area contributed by atoms with Crippen molar-refractivity contribution in [3.05, 3.63) is 0 Å². The van der Waals surface area contributed by atoms with Gasteiger partial charge in [0.25, 0.3) is 5.97 Å². The Morgan fingerprint density at radius 1 is 0.643 bits per heavy atom. The van der Waals surface area contributed by atoms with Crippen molar-refractivity contribution in [1.82, 2.24) is 0 Å². The number of esters is 4. The van der Waals surface area contributed by atoms with Gasteiger partial charge in [0.05, 0.1) is 25.7 Å². The van der Waals surface area contributed by atoms with Crippen LogP contribution in [0.25, 0.3) is 0 Å². The van der Waals surface area contributed by atoms with Gasteiger partial charge in [-0.15, -0.1) is 0 Å². The fourth-order valence-corrected chi connectivity index (χ4v) is 1.13. The van der Waals surface area contributed by atoms with Crippen molar-refractivity contribution in [3.63, 3.8) is 0 Å². The minimum Gasteiger partial charge on any atom is -0.481 e. The molecule has 14 nitrogen and oxygen atoms in total. The van der Waals surface area contributed by atoms with E-state index in [1.165, 1.54) is 0 Å². The second-order valence-corrected chi connectivity index (χ2v) is 4.83. The van der Waals surface area contributed by atoms with Crippen LogP contribution in [0.4, 0.5) is 0 Å². The van der Waals surface area contributed by atoms with Crippen LogP contribution in [0.2, 0.25) is 0 Å². The van der Waals surface area contributed by atoms with E-state index in [-0.39, 0.29) is 0 Å². The van der Waals surface area contributed by atoms with Crippen molar-refractivity contribution in [2.24, 2.45) is 0 Å². The molecule has 5 N–H and O–H groups in total. The van der Waals surface area contributed by atoms with Gasteiger partial charge in [0.15, 0.2) is 12.2 Å². The number of aliphatic hydroxyl groups excluding tert-OH is 2. The molecule has 0 fully saturated rings. The molecule has 14 heteroatoms. The lowest BCUT2D eigenvalue weighted by Crippen LogP contribution is -2.26. The molecule has 0 rings (SSSR count). The van der Waals surface area contributed by atoms with E-state index in [4.69, 9.17) is 30.3 Å². The molecule has 0 spiro atoms. The minimum absolute atomic E-state index is 0.692. The first-order valence-electron chi connectivity index (χ1n) is 7.24. The summed E-state index contributed by atoms with van der Waals surface area (Å²) in [5.41, 5.74) is 0. The summed E-state index contributed by atoms with van der Waals surface area (Å²) in [7, 11) is 0. The van der Waals surface area contributed by atoms with Crippen LogP contribution in [0, 0.1) is 0 Å². The van der Waals surface area contributed by atoms with Gasteiger partial charge in [0.1, 0.15) is 0 Å². The third-order valence-corrected chi connectivity index (χ3v) is 2.28. The Hall–Kier alpha value is -3.39. The quantitative estimate of drug-likeness (QED) is 0.198. The molecule has 0 saturated heterocycles. The van der Waals surface area contributed by atoms with Gasteiger partial charge in [-0.1, -0.05) is 0 Å². The first kappa shape index (κ1) is 26.8. The number of hydrogen-bond donors (Lipinski definition) is 5. The smallest absolute Gasteiger partial charge is 0.333 e. The van der Waals surface area contributed by atoms with E-state index in [0.717, 1.165) is 6.92 Å². The highest BCUT2D eigenvalue weighted by Crippen LogP contribution is 2.02. The van der Waals surface area contributed by atoms with Crippen molar-refractivity contribution in [3.8, 4) is 0 Å². The summed E-state index contributed by atoms with van der Waals surface area (Å²) >= 11 is 0. The highest BCUT2D eigenvalue weighted by molar-refractivity contribution is 5.91. The fourth-order valence-electron chi connectivity index (χ4n) is 1.13. The van der Waals surface area contributed by atoms with E-state index in [1.54, 1.807) is 0 Å². The van der Waals surface area contributed by atoms with E-state index in [2.05, 4.69) is 9.47 Å². The standard InChI is InChI=1S/C12H14O12.C2H4O2/c13-5(11(19)20)3-9(17)23-7(15)1-2-8(16)24-10(18)4-6(14)12(21)22;1-2(3)4/h5-6,13-14H,1-4H2,(H,19,20)(H,21,22);1H3,(H,3,4). The van der Waals surface area contributed by atoms with E-state index in [9.17, 15) is 28.8 Å². The van der Waals surface area contributed by atoms with Crippen molar-refractivity contribution in [1.29, 1.82) is 0 Å². The first-order valence-corrected chi connectivity index (χ1v) is 7.24. The van der Waals surface area contributed by atoms with E-state index >= 15 is 0 Å². The Kier molecular flexibility index (Phi) is 13.2. The SMILES string of the molecule is CC(=O)O.O=C(CCC(=O)OC(=O)CC(O)C(=O)O)OC(=O)CC(O)C(=O)O. The Morgan fingerprint density at radius 2 is 0.893 bits per heavy atom. The molecule has 0 aliphatic heterocycles. The molecular formula is C14H18O14. The summed E-state index contributed by atoms with van der Waals surface area (Å²) in [5, 5.41) is 41.8. The predicted octanol–water partition coefficient (Wildman–Crippen LogP) is -2.33. The van der Waals surface area contributed by atoms with Crippen LogP contribution in [0.15, 0.2) is 0 Å². The molecular weight excluding hydrogens is 392 g/mol. The highest BCUT2D eigenvalue weighted by Gasteiger charge is 2.23. The number of rotatable bonds is 9. The molecule has 2 atom stereocenters. The summed E-state index contributed by atoms with van der Waals surface area (Å²) in [6, 6.07) is 0. The van der Waals surface area contributed by atoms with Gasteiger partial charge in [0, 0.05) is 6.92 Å². The summed E-state index contributed by atoms with van der Waals surface area (Å²) < 4.78 is 8.22. The highest BCUT2D eigenvalue weighted by atomic mass is 16.6. The molecule has 0 aromatic carbocycles. The number of carboxylic acid groups (broad SMARTS) is 3.